The van der Waals surface area contributed by atoms with Gasteiger partial charge in [0.25, 0.3) is 0 Å². The minimum atomic E-state index is 0.465. The van der Waals surface area contributed by atoms with Crippen LogP contribution in [0, 0.1) is 24.7 Å². The summed E-state index contributed by atoms with van der Waals surface area (Å²) in [4.78, 5) is 4.18. The Morgan fingerprint density at radius 1 is 0.750 bits per heavy atom. The number of terminal acetylenes is 2. The maximum atomic E-state index is 5.70. The van der Waals surface area contributed by atoms with Crippen LogP contribution in [0.4, 0.5) is 28.7 Å². The van der Waals surface area contributed by atoms with Crippen LogP contribution in [0.15, 0.2) is 72.8 Å². The molecular formula is C25H27N7. The van der Waals surface area contributed by atoms with Gasteiger partial charge in [-0.05, 0) is 36.4 Å². The van der Waals surface area contributed by atoms with Crippen molar-refractivity contribution in [2.45, 2.75) is 6.54 Å². The summed E-state index contributed by atoms with van der Waals surface area (Å²) < 4.78 is 1.81. The molecule has 0 aliphatic heterocycles. The van der Waals surface area contributed by atoms with Crippen LogP contribution in [-0.2, 0) is 6.54 Å². The number of nitrogen functional groups attached to an aromatic ring is 4. The predicted molar refractivity (Wildman–Crippen MR) is 136 cm³/mol. The molecule has 0 unspecified atom stereocenters. The van der Waals surface area contributed by atoms with E-state index in [1.807, 2.05) is 65.2 Å². The van der Waals surface area contributed by atoms with Gasteiger partial charge in [-0.15, -0.1) is 12.8 Å². The van der Waals surface area contributed by atoms with E-state index in [-0.39, 0.29) is 0 Å². The van der Waals surface area contributed by atoms with E-state index in [1.54, 1.807) is 12.1 Å². The molecule has 1 heterocycles. The number of aromatic nitrogens is 2. The fraction of sp³-hybridized carbons (Fsp3) is 0.0800. The normalized spacial score (nSPS) is 9.31. The molecule has 4 aromatic rings. The van der Waals surface area contributed by atoms with E-state index in [0.29, 0.717) is 30.4 Å². The maximum absolute atomic E-state index is 5.70. The van der Waals surface area contributed by atoms with Crippen LogP contribution < -0.4 is 28.3 Å². The van der Waals surface area contributed by atoms with Gasteiger partial charge in [0.2, 0.25) is 5.95 Å². The summed E-state index contributed by atoms with van der Waals surface area (Å²) >= 11 is 0. The molecule has 0 aliphatic carbocycles. The molecule has 0 fully saturated rings. The highest BCUT2D eigenvalue weighted by atomic mass is 15.1. The zero-order valence-corrected chi connectivity index (χ0v) is 17.7. The monoisotopic (exact) mass is 425 g/mol. The van der Waals surface area contributed by atoms with Crippen molar-refractivity contribution in [2.24, 2.45) is 0 Å². The van der Waals surface area contributed by atoms with Crippen molar-refractivity contribution in [1.29, 1.82) is 0 Å². The lowest BCUT2D eigenvalue weighted by atomic mass is 10.3. The second-order valence-electron chi connectivity index (χ2n) is 6.52. The summed E-state index contributed by atoms with van der Waals surface area (Å²) in [7, 11) is 0. The first kappa shape index (κ1) is 23.5. The Kier molecular flexibility index (Phi) is 8.87. The SMILES string of the molecule is C#CCNc1ccccc1N.C#CCn1c(N)nc2ccccc21.Nc1ccccc1N. The van der Waals surface area contributed by atoms with Crippen LogP contribution in [0.5, 0.6) is 0 Å². The van der Waals surface area contributed by atoms with Gasteiger partial charge >= 0.3 is 0 Å². The number of nitrogens with two attached hydrogens (primary N) is 4. The van der Waals surface area contributed by atoms with Gasteiger partial charge in [0.15, 0.2) is 0 Å². The standard InChI is InChI=1S/C10H9N3.C9H10N2.C6H8N2/c1-2-7-13-9-6-4-3-5-8(9)12-10(13)11;1-2-7-11-9-6-4-3-5-8(9)10;7-5-3-1-2-4-6(5)8/h1,3-6H,7H2,(H2,11,12);1,3-6,11H,7,10H2;1-4H,7-8H2. The Balaban J connectivity index is 0.000000175. The zero-order chi connectivity index (χ0) is 23.3. The number of hydrogen-bond donors (Lipinski definition) is 5. The molecule has 162 valence electrons. The molecule has 0 radical (unpaired) electrons. The molecule has 7 nitrogen and oxygen atoms in total. The molecule has 3 aromatic carbocycles. The van der Waals surface area contributed by atoms with Crippen LogP contribution in [0.25, 0.3) is 11.0 Å². The van der Waals surface area contributed by atoms with Crippen molar-refractivity contribution in [1.82, 2.24) is 9.55 Å². The highest BCUT2D eigenvalue weighted by Crippen LogP contribution is 2.17. The van der Waals surface area contributed by atoms with E-state index in [0.717, 1.165) is 22.4 Å². The van der Waals surface area contributed by atoms with Crippen LogP contribution in [0.1, 0.15) is 0 Å². The second-order valence-corrected chi connectivity index (χ2v) is 6.52. The zero-order valence-electron chi connectivity index (χ0n) is 17.7. The van der Waals surface area contributed by atoms with Crippen molar-refractivity contribution < 1.29 is 0 Å². The fourth-order valence-corrected chi connectivity index (χ4v) is 2.67. The van der Waals surface area contributed by atoms with Gasteiger partial charge in [-0.25, -0.2) is 4.98 Å². The number of anilines is 5. The molecule has 32 heavy (non-hydrogen) atoms. The molecule has 0 atom stereocenters. The molecule has 0 saturated heterocycles. The Morgan fingerprint density at radius 3 is 1.88 bits per heavy atom. The van der Waals surface area contributed by atoms with Crippen molar-refractivity contribution in [2.75, 3.05) is 34.8 Å². The molecule has 0 amide bonds. The molecule has 7 heteroatoms. The minimum Gasteiger partial charge on any atom is -0.397 e. The number of hydrogen-bond acceptors (Lipinski definition) is 6. The molecule has 0 spiro atoms. The summed E-state index contributed by atoms with van der Waals surface area (Å²) in [5, 5.41) is 3.00. The lowest BCUT2D eigenvalue weighted by Gasteiger charge is -2.04. The highest BCUT2D eigenvalue weighted by Gasteiger charge is 2.04. The number of benzene rings is 3. The third kappa shape index (κ3) is 6.65. The summed E-state index contributed by atoms with van der Waals surface area (Å²) in [6.45, 7) is 0.973. The van der Waals surface area contributed by atoms with Gasteiger partial charge in [-0.2, -0.15) is 0 Å². The third-order valence-corrected chi connectivity index (χ3v) is 4.27. The van der Waals surface area contributed by atoms with Gasteiger partial charge in [-0.1, -0.05) is 48.2 Å². The molecule has 0 bridgehead atoms. The van der Waals surface area contributed by atoms with Gasteiger partial charge < -0.3 is 28.3 Å². The first-order chi connectivity index (χ1) is 15.5. The Morgan fingerprint density at radius 2 is 1.31 bits per heavy atom. The van der Waals surface area contributed by atoms with E-state index in [1.165, 1.54) is 0 Å². The lowest BCUT2D eigenvalue weighted by molar-refractivity contribution is 0.887. The van der Waals surface area contributed by atoms with Crippen molar-refractivity contribution in [3.05, 3.63) is 72.8 Å². The van der Waals surface area contributed by atoms with E-state index in [4.69, 9.17) is 35.8 Å². The summed E-state index contributed by atoms with van der Waals surface area (Å²) in [5.74, 6) is 5.49. The highest BCUT2D eigenvalue weighted by molar-refractivity contribution is 5.78. The quantitative estimate of drug-likeness (QED) is 0.252. The van der Waals surface area contributed by atoms with Gasteiger partial charge in [-0.3, -0.25) is 4.57 Å². The van der Waals surface area contributed by atoms with Gasteiger partial charge in [0.1, 0.15) is 0 Å². The summed E-state index contributed by atoms with van der Waals surface area (Å²) in [6, 6.07) is 22.5. The smallest absolute Gasteiger partial charge is 0.202 e. The molecule has 9 N–H and O–H groups in total. The maximum Gasteiger partial charge on any atom is 0.202 e. The predicted octanol–water partition coefficient (Wildman–Crippen LogP) is 3.42. The molecule has 0 saturated carbocycles. The van der Waals surface area contributed by atoms with E-state index >= 15 is 0 Å². The van der Waals surface area contributed by atoms with Crippen molar-refractivity contribution in [3.63, 3.8) is 0 Å². The van der Waals surface area contributed by atoms with Crippen LogP contribution in [0.3, 0.4) is 0 Å². The second kappa shape index (κ2) is 12.1. The number of rotatable bonds is 3. The molecule has 1 aromatic heterocycles. The summed E-state index contributed by atoms with van der Waals surface area (Å²) in [5.41, 5.74) is 26.9. The topological polar surface area (TPSA) is 134 Å². The van der Waals surface area contributed by atoms with E-state index in [9.17, 15) is 0 Å². The van der Waals surface area contributed by atoms with Crippen molar-refractivity contribution >= 4 is 39.7 Å². The molecular weight excluding hydrogens is 398 g/mol. The lowest BCUT2D eigenvalue weighted by Crippen LogP contribution is -2.01. The minimum absolute atomic E-state index is 0.465. The number of nitrogens with one attached hydrogen (secondary N) is 1. The Hall–Kier alpha value is -4.75. The fourth-order valence-electron chi connectivity index (χ4n) is 2.67. The first-order valence-corrected chi connectivity index (χ1v) is 9.74. The molecule has 0 aliphatic rings. The average molecular weight is 426 g/mol. The van der Waals surface area contributed by atoms with Gasteiger partial charge in [0, 0.05) is 0 Å². The van der Waals surface area contributed by atoms with Crippen LogP contribution >= 0.6 is 0 Å². The summed E-state index contributed by atoms with van der Waals surface area (Å²) in [6.07, 6.45) is 10.3. The van der Waals surface area contributed by atoms with E-state index < -0.39 is 0 Å². The third-order valence-electron chi connectivity index (χ3n) is 4.27. The number of para-hydroxylation sites is 6. The average Bonchev–Trinajstić information content (AvgIpc) is 3.12. The molecule has 4 rings (SSSR count). The number of fused-ring (bicyclic) bond motifs is 1. The Bertz CT molecular complexity index is 1210. The van der Waals surface area contributed by atoms with Crippen molar-refractivity contribution in [3.8, 4) is 24.7 Å². The number of imidazole rings is 1. The largest absolute Gasteiger partial charge is 0.397 e. The van der Waals surface area contributed by atoms with E-state index in [2.05, 4.69) is 22.1 Å². The van der Waals surface area contributed by atoms with Gasteiger partial charge in [0.05, 0.1) is 46.9 Å². The first-order valence-electron chi connectivity index (χ1n) is 9.74. The van der Waals surface area contributed by atoms with Crippen LogP contribution in [0.2, 0.25) is 0 Å². The Labute approximate surface area is 188 Å². The number of nitrogens with zero attached hydrogens (tertiary/aromatic N) is 2. The van der Waals surface area contributed by atoms with Crippen LogP contribution in [-0.4, -0.2) is 16.1 Å².